The smallest absolute Gasteiger partial charge is 0.335 e. The number of ether oxygens (including phenoxy) is 2. The normalized spacial score (nSPS) is 9.95. The van der Waals surface area contributed by atoms with Gasteiger partial charge in [0, 0.05) is 6.07 Å². The van der Waals surface area contributed by atoms with E-state index >= 15 is 0 Å². The Kier molecular flexibility index (Phi) is 4.03. The molecular weight excluding hydrogens is 278 g/mol. The van der Waals surface area contributed by atoms with Gasteiger partial charge < -0.3 is 14.6 Å². The maximum absolute atomic E-state index is 10.9. The van der Waals surface area contributed by atoms with E-state index in [1.54, 1.807) is 6.07 Å². The largest absolute Gasteiger partial charge is 0.493 e. The lowest BCUT2D eigenvalue weighted by Gasteiger charge is -2.10. The molecular formula is C14H11NO6. The highest BCUT2D eigenvalue weighted by atomic mass is 16.6. The van der Waals surface area contributed by atoms with Crippen LogP contribution in [-0.4, -0.2) is 23.1 Å². The number of hydrogen-bond donors (Lipinski definition) is 1. The molecule has 0 radical (unpaired) electrons. The van der Waals surface area contributed by atoms with Crippen molar-refractivity contribution in [1.29, 1.82) is 0 Å². The summed E-state index contributed by atoms with van der Waals surface area (Å²) >= 11 is 0. The molecule has 0 aliphatic carbocycles. The minimum absolute atomic E-state index is 0.0527. The molecule has 7 nitrogen and oxygen atoms in total. The number of carbonyl (C=O) groups is 1. The molecule has 0 unspecified atom stereocenters. The van der Waals surface area contributed by atoms with Gasteiger partial charge in [0.2, 0.25) is 0 Å². The molecule has 0 aliphatic heterocycles. The van der Waals surface area contributed by atoms with Gasteiger partial charge >= 0.3 is 5.97 Å². The van der Waals surface area contributed by atoms with Crippen molar-refractivity contribution in [3.63, 3.8) is 0 Å². The third-order valence-electron chi connectivity index (χ3n) is 2.67. The molecule has 108 valence electrons. The van der Waals surface area contributed by atoms with Gasteiger partial charge in [-0.25, -0.2) is 4.79 Å². The number of rotatable bonds is 5. The average Bonchev–Trinajstić information content (AvgIpc) is 2.47. The number of hydrogen-bond acceptors (Lipinski definition) is 5. The minimum atomic E-state index is -1.09. The number of non-ortho nitro benzene ring substituents is 1. The van der Waals surface area contributed by atoms with Crippen molar-refractivity contribution in [1.82, 2.24) is 0 Å². The summed E-state index contributed by atoms with van der Waals surface area (Å²) in [6, 6.07) is 9.72. The van der Waals surface area contributed by atoms with Gasteiger partial charge in [-0.3, -0.25) is 10.1 Å². The average molecular weight is 289 g/mol. The molecule has 0 bridgehead atoms. The number of carboxylic acids is 1. The molecule has 0 aromatic heterocycles. The molecule has 0 fully saturated rings. The van der Waals surface area contributed by atoms with Crippen LogP contribution < -0.4 is 9.47 Å². The van der Waals surface area contributed by atoms with E-state index in [0.717, 1.165) is 0 Å². The molecule has 2 aromatic rings. The second-order valence-corrected chi connectivity index (χ2v) is 4.03. The fourth-order valence-corrected chi connectivity index (χ4v) is 1.68. The molecule has 0 aliphatic rings. The molecule has 0 saturated carbocycles. The summed E-state index contributed by atoms with van der Waals surface area (Å²) in [5.41, 5.74) is -0.0999. The first-order valence-electron chi connectivity index (χ1n) is 5.85. The lowest BCUT2D eigenvalue weighted by atomic mass is 10.2. The Labute approximate surface area is 119 Å². The molecule has 1 N–H and O–H groups in total. The quantitative estimate of drug-likeness (QED) is 0.670. The highest BCUT2D eigenvalue weighted by molar-refractivity contribution is 5.88. The summed E-state index contributed by atoms with van der Waals surface area (Å²) < 4.78 is 10.6. The topological polar surface area (TPSA) is 98.9 Å². The first-order valence-corrected chi connectivity index (χ1v) is 5.85. The number of nitro groups is 1. The first-order chi connectivity index (χ1) is 10.0. The van der Waals surface area contributed by atoms with Gasteiger partial charge in [-0.15, -0.1) is 0 Å². The number of aromatic carboxylic acids is 1. The van der Waals surface area contributed by atoms with Crippen molar-refractivity contribution in [3.8, 4) is 17.2 Å². The van der Waals surface area contributed by atoms with Crippen molar-refractivity contribution in [2.24, 2.45) is 0 Å². The van der Waals surface area contributed by atoms with E-state index in [4.69, 9.17) is 14.6 Å². The van der Waals surface area contributed by atoms with Gasteiger partial charge in [-0.1, -0.05) is 6.07 Å². The lowest BCUT2D eigenvalue weighted by molar-refractivity contribution is -0.384. The zero-order valence-corrected chi connectivity index (χ0v) is 11.0. The van der Waals surface area contributed by atoms with Gasteiger partial charge in [0.15, 0.2) is 11.5 Å². The maximum atomic E-state index is 10.9. The Morgan fingerprint density at radius 2 is 1.95 bits per heavy atom. The monoisotopic (exact) mass is 289 g/mol. The minimum Gasteiger partial charge on any atom is -0.493 e. The predicted octanol–water partition coefficient (Wildman–Crippen LogP) is 3.09. The van der Waals surface area contributed by atoms with E-state index in [1.807, 2.05) is 0 Å². The van der Waals surface area contributed by atoms with Crippen LogP contribution in [0.25, 0.3) is 0 Å². The third kappa shape index (κ3) is 3.27. The molecule has 0 atom stereocenters. The van der Waals surface area contributed by atoms with Crippen molar-refractivity contribution in [2.75, 3.05) is 7.11 Å². The van der Waals surface area contributed by atoms with E-state index in [0.29, 0.717) is 5.75 Å². The second kappa shape index (κ2) is 5.91. The third-order valence-corrected chi connectivity index (χ3v) is 2.67. The van der Waals surface area contributed by atoms with Gasteiger partial charge in [-0.05, 0) is 24.3 Å². The summed E-state index contributed by atoms with van der Waals surface area (Å²) in [7, 11) is 1.40. The maximum Gasteiger partial charge on any atom is 0.335 e. The molecule has 0 amide bonds. The summed E-state index contributed by atoms with van der Waals surface area (Å²) in [4.78, 5) is 21.1. The number of nitro benzene ring substituents is 1. The predicted molar refractivity (Wildman–Crippen MR) is 73.1 cm³/mol. The lowest BCUT2D eigenvalue weighted by Crippen LogP contribution is -1.97. The van der Waals surface area contributed by atoms with Crippen LogP contribution in [0.1, 0.15) is 10.4 Å². The van der Waals surface area contributed by atoms with E-state index in [-0.39, 0.29) is 22.7 Å². The van der Waals surface area contributed by atoms with Gasteiger partial charge in [0.05, 0.1) is 23.7 Å². The molecule has 21 heavy (non-hydrogen) atoms. The van der Waals surface area contributed by atoms with E-state index in [9.17, 15) is 14.9 Å². The summed E-state index contributed by atoms with van der Waals surface area (Å²) in [5.74, 6) is -0.407. The zero-order chi connectivity index (χ0) is 15.4. The van der Waals surface area contributed by atoms with Crippen LogP contribution in [0.5, 0.6) is 17.2 Å². The van der Waals surface area contributed by atoms with Crippen LogP contribution in [0.3, 0.4) is 0 Å². The summed E-state index contributed by atoms with van der Waals surface area (Å²) in [5, 5.41) is 19.7. The highest BCUT2D eigenvalue weighted by Crippen LogP contribution is 2.34. The first kappa shape index (κ1) is 14.3. The van der Waals surface area contributed by atoms with Gasteiger partial charge in [0.25, 0.3) is 5.69 Å². The van der Waals surface area contributed by atoms with E-state index in [1.165, 1.54) is 43.5 Å². The van der Waals surface area contributed by atoms with Crippen LogP contribution in [0.4, 0.5) is 5.69 Å². The molecule has 0 saturated heterocycles. The Bertz CT molecular complexity index is 698. The Morgan fingerprint density at radius 3 is 2.57 bits per heavy atom. The molecule has 2 aromatic carbocycles. The SMILES string of the molecule is COc1ccc([N+](=O)[O-])cc1Oc1cccc(C(=O)O)c1. The Balaban J connectivity index is 2.37. The van der Waals surface area contributed by atoms with E-state index < -0.39 is 10.9 Å². The van der Waals surface area contributed by atoms with Crippen molar-refractivity contribution in [2.45, 2.75) is 0 Å². The van der Waals surface area contributed by atoms with Crippen LogP contribution in [0, 0.1) is 10.1 Å². The van der Waals surface area contributed by atoms with E-state index in [2.05, 4.69) is 0 Å². The molecule has 2 rings (SSSR count). The number of methoxy groups -OCH3 is 1. The molecule has 0 heterocycles. The fourth-order valence-electron chi connectivity index (χ4n) is 1.68. The number of nitrogens with zero attached hydrogens (tertiary/aromatic N) is 1. The number of benzene rings is 2. The van der Waals surface area contributed by atoms with Crippen molar-refractivity contribution in [3.05, 3.63) is 58.1 Å². The number of carboxylic acid groups (broad SMARTS) is 1. The Morgan fingerprint density at radius 1 is 1.19 bits per heavy atom. The zero-order valence-electron chi connectivity index (χ0n) is 11.0. The summed E-state index contributed by atoms with van der Waals surface area (Å²) in [6.45, 7) is 0. The Hall–Kier alpha value is -3.09. The second-order valence-electron chi connectivity index (χ2n) is 4.03. The van der Waals surface area contributed by atoms with Crippen LogP contribution >= 0.6 is 0 Å². The standard InChI is InChI=1S/C14H11NO6/c1-20-12-6-5-10(15(18)19)8-13(12)21-11-4-2-3-9(7-11)14(16)17/h2-8H,1H3,(H,16,17). The van der Waals surface area contributed by atoms with Crippen LogP contribution in [0.15, 0.2) is 42.5 Å². The molecule has 7 heteroatoms. The highest BCUT2D eigenvalue weighted by Gasteiger charge is 2.14. The van der Waals surface area contributed by atoms with Crippen molar-refractivity contribution < 1.29 is 24.3 Å². The van der Waals surface area contributed by atoms with Crippen molar-refractivity contribution >= 4 is 11.7 Å². The fraction of sp³-hybridized carbons (Fsp3) is 0.0714. The van der Waals surface area contributed by atoms with Crippen LogP contribution in [0.2, 0.25) is 0 Å². The summed E-state index contributed by atoms with van der Waals surface area (Å²) in [6.07, 6.45) is 0. The van der Waals surface area contributed by atoms with Gasteiger partial charge in [-0.2, -0.15) is 0 Å². The molecule has 0 spiro atoms. The van der Waals surface area contributed by atoms with Gasteiger partial charge in [0.1, 0.15) is 5.75 Å². The van der Waals surface area contributed by atoms with Crippen LogP contribution in [-0.2, 0) is 0 Å².